The highest BCUT2D eigenvalue weighted by Gasteiger charge is 2.14. The van der Waals surface area contributed by atoms with Gasteiger partial charge in [-0.25, -0.2) is 0 Å². The van der Waals surface area contributed by atoms with E-state index in [1.54, 1.807) is 31.4 Å². The number of aryl methyl sites for hydroxylation is 1. The summed E-state index contributed by atoms with van der Waals surface area (Å²) in [6, 6.07) is 14.8. The van der Waals surface area contributed by atoms with E-state index in [-0.39, 0.29) is 11.5 Å². The third-order valence-corrected chi connectivity index (χ3v) is 4.15. The lowest BCUT2D eigenvalue weighted by molar-refractivity contribution is 0.102. The molecule has 4 rings (SSSR count). The van der Waals surface area contributed by atoms with Crippen LogP contribution in [0, 0.1) is 0 Å². The number of hydrogen-bond acceptors (Lipinski definition) is 2. The van der Waals surface area contributed by atoms with Crippen molar-refractivity contribution in [2.45, 2.75) is 0 Å². The number of carbonyl (C=O) groups excluding carboxylic acids is 1. The SMILES string of the molecule is Cn1cc(C(=O)Nc2ccc3[nH]ccc3c2)c2ccccc2c1=O. The first-order valence-electron chi connectivity index (χ1n) is 7.60. The van der Waals surface area contributed by atoms with Crippen LogP contribution in [0.5, 0.6) is 0 Å². The van der Waals surface area contributed by atoms with E-state index in [1.807, 2.05) is 36.5 Å². The van der Waals surface area contributed by atoms with Gasteiger partial charge in [-0.05, 0) is 30.3 Å². The zero-order chi connectivity index (χ0) is 16.7. The molecule has 0 aliphatic heterocycles. The Bertz CT molecular complexity index is 1140. The molecule has 0 radical (unpaired) electrons. The van der Waals surface area contributed by atoms with Crippen molar-refractivity contribution in [1.82, 2.24) is 9.55 Å². The van der Waals surface area contributed by atoms with Crippen molar-refractivity contribution < 1.29 is 4.79 Å². The highest BCUT2D eigenvalue weighted by atomic mass is 16.2. The predicted octanol–water partition coefficient (Wildman–Crippen LogP) is 3.27. The third kappa shape index (κ3) is 2.27. The van der Waals surface area contributed by atoms with E-state index in [1.165, 1.54) is 4.57 Å². The number of rotatable bonds is 2. The first-order valence-corrected chi connectivity index (χ1v) is 7.60. The molecule has 2 heterocycles. The van der Waals surface area contributed by atoms with Crippen LogP contribution in [-0.2, 0) is 7.05 Å². The summed E-state index contributed by atoms with van der Waals surface area (Å²) in [7, 11) is 1.65. The van der Waals surface area contributed by atoms with E-state index in [0.29, 0.717) is 22.0 Å². The van der Waals surface area contributed by atoms with Crippen LogP contribution in [0.3, 0.4) is 0 Å². The number of nitrogens with zero attached hydrogens (tertiary/aromatic N) is 1. The normalized spacial score (nSPS) is 11.0. The molecule has 0 atom stereocenters. The Morgan fingerprint density at radius 2 is 1.88 bits per heavy atom. The van der Waals surface area contributed by atoms with Gasteiger partial charge in [0.15, 0.2) is 0 Å². The van der Waals surface area contributed by atoms with Crippen LogP contribution >= 0.6 is 0 Å². The van der Waals surface area contributed by atoms with E-state index >= 15 is 0 Å². The maximum absolute atomic E-state index is 12.7. The highest BCUT2D eigenvalue weighted by molar-refractivity contribution is 6.12. The number of fused-ring (bicyclic) bond motifs is 2. The maximum atomic E-state index is 12.7. The number of aromatic amines is 1. The zero-order valence-electron chi connectivity index (χ0n) is 13.0. The second-order valence-corrected chi connectivity index (χ2v) is 5.74. The van der Waals surface area contributed by atoms with Crippen LogP contribution in [0.4, 0.5) is 5.69 Å². The minimum absolute atomic E-state index is 0.115. The fourth-order valence-electron chi connectivity index (χ4n) is 2.93. The van der Waals surface area contributed by atoms with Crippen molar-refractivity contribution in [3.05, 3.63) is 76.8 Å². The molecule has 24 heavy (non-hydrogen) atoms. The maximum Gasteiger partial charge on any atom is 0.258 e. The lowest BCUT2D eigenvalue weighted by Gasteiger charge is -2.10. The van der Waals surface area contributed by atoms with Crippen LogP contribution in [0.15, 0.2) is 65.7 Å². The first-order chi connectivity index (χ1) is 11.6. The van der Waals surface area contributed by atoms with Crippen LogP contribution in [0.1, 0.15) is 10.4 Å². The number of pyridine rings is 1. The van der Waals surface area contributed by atoms with Gasteiger partial charge in [0.05, 0.1) is 5.56 Å². The second kappa shape index (κ2) is 5.38. The molecule has 5 heteroatoms. The number of carbonyl (C=O) groups is 1. The molecule has 5 nitrogen and oxygen atoms in total. The lowest BCUT2D eigenvalue weighted by atomic mass is 10.1. The molecule has 0 saturated carbocycles. The Morgan fingerprint density at radius 1 is 1.08 bits per heavy atom. The molecule has 0 fully saturated rings. The van der Waals surface area contributed by atoms with Gasteiger partial charge in [-0.15, -0.1) is 0 Å². The standard InChI is InChI=1S/C19H15N3O2/c1-22-11-16(14-4-2-3-5-15(14)19(22)24)18(23)21-13-6-7-17-12(10-13)8-9-20-17/h2-11,20H,1H3,(H,21,23). The monoisotopic (exact) mass is 317 g/mol. The summed E-state index contributed by atoms with van der Waals surface area (Å²) in [6.45, 7) is 0. The smallest absolute Gasteiger partial charge is 0.258 e. The molecule has 0 aliphatic carbocycles. The average molecular weight is 317 g/mol. The molecule has 118 valence electrons. The number of H-pyrrole nitrogens is 1. The van der Waals surface area contributed by atoms with E-state index in [0.717, 1.165) is 10.9 Å². The molecule has 0 bridgehead atoms. The summed E-state index contributed by atoms with van der Waals surface area (Å²) in [5.74, 6) is -0.239. The molecule has 0 aliphatic rings. The van der Waals surface area contributed by atoms with Gasteiger partial charge in [0, 0.05) is 46.8 Å². The van der Waals surface area contributed by atoms with Gasteiger partial charge in [0.1, 0.15) is 0 Å². The average Bonchev–Trinajstić information content (AvgIpc) is 3.06. The molecule has 2 aromatic carbocycles. The Kier molecular flexibility index (Phi) is 3.20. The minimum Gasteiger partial charge on any atom is -0.361 e. The zero-order valence-corrected chi connectivity index (χ0v) is 13.0. The molecule has 0 unspecified atom stereocenters. The third-order valence-electron chi connectivity index (χ3n) is 4.15. The largest absolute Gasteiger partial charge is 0.361 e. The van der Waals surface area contributed by atoms with Gasteiger partial charge < -0.3 is 14.9 Å². The number of nitrogens with one attached hydrogen (secondary N) is 2. The summed E-state index contributed by atoms with van der Waals surface area (Å²) in [5.41, 5.74) is 2.09. The van der Waals surface area contributed by atoms with E-state index in [9.17, 15) is 9.59 Å². The molecule has 1 amide bonds. The summed E-state index contributed by atoms with van der Waals surface area (Å²) in [5, 5.41) is 5.13. The minimum atomic E-state index is -0.239. The van der Waals surface area contributed by atoms with Crippen LogP contribution < -0.4 is 10.9 Å². The number of aromatic nitrogens is 2. The number of hydrogen-bond donors (Lipinski definition) is 2. The number of amides is 1. The van der Waals surface area contributed by atoms with Gasteiger partial charge in [0.25, 0.3) is 11.5 Å². The lowest BCUT2D eigenvalue weighted by Crippen LogP contribution is -2.21. The van der Waals surface area contributed by atoms with E-state index < -0.39 is 0 Å². The fourth-order valence-corrected chi connectivity index (χ4v) is 2.93. The quantitative estimate of drug-likeness (QED) is 0.596. The fraction of sp³-hybridized carbons (Fsp3) is 0.0526. The van der Waals surface area contributed by atoms with Crippen molar-refractivity contribution in [3.8, 4) is 0 Å². The van der Waals surface area contributed by atoms with Gasteiger partial charge >= 0.3 is 0 Å². The Balaban J connectivity index is 1.78. The van der Waals surface area contributed by atoms with Gasteiger partial charge in [0.2, 0.25) is 0 Å². The summed E-state index contributed by atoms with van der Waals surface area (Å²) >= 11 is 0. The molecule has 0 spiro atoms. The van der Waals surface area contributed by atoms with Crippen molar-refractivity contribution in [2.75, 3.05) is 5.32 Å². The Hall–Kier alpha value is -3.34. The van der Waals surface area contributed by atoms with E-state index in [4.69, 9.17) is 0 Å². The molecule has 0 saturated heterocycles. The highest BCUT2D eigenvalue weighted by Crippen LogP contribution is 2.20. The predicted molar refractivity (Wildman–Crippen MR) is 95.4 cm³/mol. The van der Waals surface area contributed by atoms with Crippen molar-refractivity contribution >= 4 is 33.3 Å². The number of anilines is 1. The topological polar surface area (TPSA) is 66.9 Å². The van der Waals surface area contributed by atoms with Crippen molar-refractivity contribution in [3.63, 3.8) is 0 Å². The molecule has 2 N–H and O–H groups in total. The Labute approximate surface area is 137 Å². The Morgan fingerprint density at radius 3 is 2.71 bits per heavy atom. The van der Waals surface area contributed by atoms with Crippen LogP contribution in [0.2, 0.25) is 0 Å². The summed E-state index contributed by atoms with van der Waals surface area (Å²) in [6.07, 6.45) is 3.44. The summed E-state index contributed by atoms with van der Waals surface area (Å²) < 4.78 is 1.44. The number of benzene rings is 2. The van der Waals surface area contributed by atoms with Crippen LogP contribution in [0.25, 0.3) is 21.7 Å². The molecule has 2 aromatic heterocycles. The van der Waals surface area contributed by atoms with Crippen LogP contribution in [-0.4, -0.2) is 15.5 Å². The summed E-state index contributed by atoms with van der Waals surface area (Å²) in [4.78, 5) is 28.1. The molecular formula is C19H15N3O2. The molecular weight excluding hydrogens is 302 g/mol. The van der Waals surface area contributed by atoms with E-state index in [2.05, 4.69) is 10.3 Å². The van der Waals surface area contributed by atoms with Crippen molar-refractivity contribution in [2.24, 2.45) is 7.05 Å². The second-order valence-electron chi connectivity index (χ2n) is 5.74. The first kappa shape index (κ1) is 14.3. The van der Waals surface area contributed by atoms with Gasteiger partial charge in [-0.3, -0.25) is 9.59 Å². The van der Waals surface area contributed by atoms with Gasteiger partial charge in [-0.2, -0.15) is 0 Å². The molecule has 4 aromatic rings. The van der Waals surface area contributed by atoms with Gasteiger partial charge in [-0.1, -0.05) is 18.2 Å². The van der Waals surface area contributed by atoms with Crippen molar-refractivity contribution in [1.29, 1.82) is 0 Å².